The Morgan fingerprint density at radius 2 is 1.59 bits per heavy atom. The summed E-state index contributed by atoms with van der Waals surface area (Å²) in [6, 6.07) is 17.1. The van der Waals surface area contributed by atoms with E-state index in [1.165, 1.54) is 22.3 Å². The molecule has 22 heavy (non-hydrogen) atoms. The van der Waals surface area contributed by atoms with E-state index in [9.17, 15) is 4.79 Å². The molecule has 2 aromatic carbocycles. The van der Waals surface area contributed by atoms with Crippen LogP contribution < -0.4 is 5.32 Å². The molecular weight excluding hydrogens is 272 g/mol. The first-order valence-corrected chi connectivity index (χ1v) is 7.87. The summed E-state index contributed by atoms with van der Waals surface area (Å²) in [7, 11) is 2.02. The van der Waals surface area contributed by atoms with E-state index in [1.807, 2.05) is 7.05 Å². The van der Waals surface area contributed by atoms with Crippen LogP contribution in [0.5, 0.6) is 0 Å². The molecule has 3 rings (SSSR count). The fourth-order valence-electron chi connectivity index (χ4n) is 3.24. The third kappa shape index (κ3) is 2.64. The van der Waals surface area contributed by atoms with Crippen LogP contribution >= 0.6 is 0 Å². The molecule has 0 radical (unpaired) electrons. The van der Waals surface area contributed by atoms with Crippen molar-refractivity contribution in [3.05, 3.63) is 59.7 Å². The third-order valence-corrected chi connectivity index (χ3v) is 4.21. The number of fused-ring (bicyclic) bond motifs is 3. The van der Waals surface area contributed by atoms with Gasteiger partial charge in [-0.3, -0.25) is 9.69 Å². The van der Waals surface area contributed by atoms with Crippen LogP contribution in [-0.4, -0.2) is 30.9 Å². The SMILES string of the molecule is CCCNC(=O)CN(C)C1c2ccccc2-c2ccccc21. The van der Waals surface area contributed by atoms with Crippen LogP contribution in [-0.2, 0) is 4.79 Å². The number of benzene rings is 2. The highest BCUT2D eigenvalue weighted by molar-refractivity contribution is 5.80. The van der Waals surface area contributed by atoms with E-state index in [2.05, 4.69) is 65.7 Å². The lowest BCUT2D eigenvalue weighted by Gasteiger charge is -2.25. The second kappa shape index (κ2) is 6.32. The van der Waals surface area contributed by atoms with Gasteiger partial charge in [-0.25, -0.2) is 0 Å². The highest BCUT2D eigenvalue weighted by Gasteiger charge is 2.31. The number of hydrogen-bond acceptors (Lipinski definition) is 2. The molecular formula is C19H22N2O. The molecule has 0 aliphatic heterocycles. The van der Waals surface area contributed by atoms with E-state index in [1.54, 1.807) is 0 Å². The van der Waals surface area contributed by atoms with Crippen molar-refractivity contribution in [2.24, 2.45) is 0 Å². The van der Waals surface area contributed by atoms with Crippen molar-refractivity contribution in [3.8, 4) is 11.1 Å². The zero-order chi connectivity index (χ0) is 15.5. The van der Waals surface area contributed by atoms with Crippen molar-refractivity contribution in [2.75, 3.05) is 20.1 Å². The Morgan fingerprint density at radius 1 is 1.05 bits per heavy atom. The minimum atomic E-state index is 0.0891. The van der Waals surface area contributed by atoms with Gasteiger partial charge in [-0.2, -0.15) is 0 Å². The van der Waals surface area contributed by atoms with Crippen molar-refractivity contribution in [1.82, 2.24) is 10.2 Å². The normalized spacial score (nSPS) is 13.0. The standard InChI is InChI=1S/C19H22N2O/c1-3-12-20-18(22)13-21(2)19-16-10-6-4-8-14(16)15-9-5-7-11-17(15)19/h4-11,19H,3,12-13H2,1-2H3,(H,20,22). The number of likely N-dealkylation sites (N-methyl/N-ethyl adjacent to an activating group) is 1. The number of hydrogen-bond donors (Lipinski definition) is 1. The molecule has 0 atom stereocenters. The molecule has 0 fully saturated rings. The summed E-state index contributed by atoms with van der Waals surface area (Å²) in [4.78, 5) is 14.2. The van der Waals surface area contributed by atoms with Crippen molar-refractivity contribution in [2.45, 2.75) is 19.4 Å². The first-order valence-electron chi connectivity index (χ1n) is 7.87. The van der Waals surface area contributed by atoms with E-state index >= 15 is 0 Å². The smallest absolute Gasteiger partial charge is 0.234 e. The van der Waals surface area contributed by atoms with Crippen LogP contribution in [0.2, 0.25) is 0 Å². The lowest BCUT2D eigenvalue weighted by Crippen LogP contribution is -2.37. The van der Waals surface area contributed by atoms with Crippen LogP contribution in [0.25, 0.3) is 11.1 Å². The quantitative estimate of drug-likeness (QED) is 0.918. The Kier molecular flexibility index (Phi) is 4.25. The average molecular weight is 294 g/mol. The first-order chi connectivity index (χ1) is 10.7. The number of amides is 1. The molecule has 0 saturated heterocycles. The van der Waals surface area contributed by atoms with E-state index < -0.39 is 0 Å². The third-order valence-electron chi connectivity index (χ3n) is 4.21. The Balaban J connectivity index is 1.88. The molecule has 3 nitrogen and oxygen atoms in total. The molecule has 1 aliphatic rings. The van der Waals surface area contributed by atoms with E-state index in [-0.39, 0.29) is 11.9 Å². The molecule has 1 N–H and O–H groups in total. The number of nitrogens with one attached hydrogen (secondary N) is 1. The minimum absolute atomic E-state index is 0.0891. The van der Waals surface area contributed by atoms with Gasteiger partial charge in [0, 0.05) is 6.54 Å². The highest BCUT2D eigenvalue weighted by Crippen LogP contribution is 2.45. The predicted octanol–water partition coefficient (Wildman–Crippen LogP) is 3.21. The molecule has 1 aliphatic carbocycles. The van der Waals surface area contributed by atoms with Crippen molar-refractivity contribution >= 4 is 5.91 Å². The van der Waals surface area contributed by atoms with Gasteiger partial charge in [0.1, 0.15) is 0 Å². The first kappa shape index (κ1) is 14.8. The monoisotopic (exact) mass is 294 g/mol. The summed E-state index contributed by atoms with van der Waals surface area (Å²) in [6.07, 6.45) is 0.963. The Bertz CT molecular complexity index is 635. The zero-order valence-corrected chi connectivity index (χ0v) is 13.2. The molecule has 2 aromatic rings. The van der Waals surface area contributed by atoms with Gasteiger partial charge in [0.2, 0.25) is 5.91 Å². The fourth-order valence-corrected chi connectivity index (χ4v) is 3.24. The van der Waals surface area contributed by atoms with Crippen molar-refractivity contribution in [3.63, 3.8) is 0 Å². The second-order valence-electron chi connectivity index (χ2n) is 5.84. The van der Waals surface area contributed by atoms with Gasteiger partial charge in [0.15, 0.2) is 0 Å². The maximum Gasteiger partial charge on any atom is 0.234 e. The van der Waals surface area contributed by atoms with Crippen molar-refractivity contribution < 1.29 is 4.79 Å². The molecule has 0 spiro atoms. The van der Waals surface area contributed by atoms with Crippen LogP contribution in [0.1, 0.15) is 30.5 Å². The molecule has 0 saturated carbocycles. The van der Waals surface area contributed by atoms with Gasteiger partial charge in [0.25, 0.3) is 0 Å². The van der Waals surface area contributed by atoms with Crippen LogP contribution in [0.3, 0.4) is 0 Å². The van der Waals surface area contributed by atoms with Gasteiger partial charge in [-0.1, -0.05) is 55.5 Å². The summed E-state index contributed by atoms with van der Waals surface area (Å²) in [6.45, 7) is 3.21. The average Bonchev–Trinajstić information content (AvgIpc) is 2.87. The Morgan fingerprint density at radius 3 is 2.14 bits per heavy atom. The van der Waals surface area contributed by atoms with Gasteiger partial charge >= 0.3 is 0 Å². The fraction of sp³-hybridized carbons (Fsp3) is 0.316. The number of nitrogens with zero attached hydrogens (tertiary/aromatic N) is 1. The summed E-state index contributed by atoms with van der Waals surface area (Å²) < 4.78 is 0. The maximum atomic E-state index is 12.0. The summed E-state index contributed by atoms with van der Waals surface area (Å²) in [5.41, 5.74) is 5.14. The predicted molar refractivity (Wildman–Crippen MR) is 89.7 cm³/mol. The minimum Gasteiger partial charge on any atom is -0.355 e. The van der Waals surface area contributed by atoms with Gasteiger partial charge < -0.3 is 5.32 Å². The summed E-state index contributed by atoms with van der Waals surface area (Å²) in [5, 5.41) is 2.95. The number of rotatable bonds is 5. The molecule has 3 heteroatoms. The lowest BCUT2D eigenvalue weighted by atomic mass is 10.0. The highest BCUT2D eigenvalue weighted by atomic mass is 16.2. The Labute approximate surface area is 132 Å². The molecule has 0 bridgehead atoms. The lowest BCUT2D eigenvalue weighted by molar-refractivity contribution is -0.122. The van der Waals surface area contributed by atoms with Crippen LogP contribution in [0, 0.1) is 0 Å². The summed E-state index contributed by atoms with van der Waals surface area (Å²) >= 11 is 0. The Hall–Kier alpha value is -2.13. The second-order valence-corrected chi connectivity index (χ2v) is 5.84. The van der Waals surface area contributed by atoms with Crippen LogP contribution in [0.4, 0.5) is 0 Å². The maximum absolute atomic E-state index is 12.0. The largest absolute Gasteiger partial charge is 0.355 e. The topological polar surface area (TPSA) is 32.3 Å². The molecule has 1 amide bonds. The van der Waals surface area contributed by atoms with Gasteiger partial charge in [0.05, 0.1) is 12.6 Å². The van der Waals surface area contributed by atoms with E-state index in [0.29, 0.717) is 6.54 Å². The van der Waals surface area contributed by atoms with Gasteiger partial charge in [-0.15, -0.1) is 0 Å². The summed E-state index contributed by atoms with van der Waals surface area (Å²) in [5.74, 6) is 0.0891. The van der Waals surface area contributed by atoms with E-state index in [4.69, 9.17) is 0 Å². The van der Waals surface area contributed by atoms with Crippen molar-refractivity contribution in [1.29, 1.82) is 0 Å². The number of carbonyl (C=O) groups excluding carboxylic acids is 1. The number of carbonyl (C=O) groups is 1. The zero-order valence-electron chi connectivity index (χ0n) is 13.2. The molecule has 0 unspecified atom stereocenters. The molecule has 0 heterocycles. The molecule has 0 aromatic heterocycles. The van der Waals surface area contributed by atoms with Crippen LogP contribution in [0.15, 0.2) is 48.5 Å². The molecule has 114 valence electrons. The van der Waals surface area contributed by atoms with Gasteiger partial charge in [-0.05, 0) is 35.7 Å². The van der Waals surface area contributed by atoms with E-state index in [0.717, 1.165) is 13.0 Å².